The smallest absolute Gasteiger partial charge is 0.264 e. The van der Waals surface area contributed by atoms with Crippen LogP contribution in [0, 0.1) is 6.92 Å². The number of hydrogen-bond acceptors (Lipinski definition) is 8. The second-order valence-corrected chi connectivity index (χ2v) is 9.63. The zero-order chi connectivity index (χ0) is 27.0. The van der Waals surface area contributed by atoms with Crippen molar-refractivity contribution < 1.29 is 32.2 Å². The Balaban J connectivity index is 1.93. The van der Waals surface area contributed by atoms with Gasteiger partial charge in [-0.15, -0.1) is 0 Å². The number of carbonyl (C=O) groups excluding carboxylic acids is 1. The average molecular weight is 528 g/mol. The average Bonchev–Trinajstić information content (AvgIpc) is 2.91. The molecule has 0 atom stereocenters. The molecule has 0 fully saturated rings. The van der Waals surface area contributed by atoms with Gasteiger partial charge in [0.1, 0.15) is 29.5 Å². The van der Waals surface area contributed by atoms with Gasteiger partial charge in [0.05, 0.1) is 45.2 Å². The third-order valence-electron chi connectivity index (χ3n) is 5.38. The van der Waals surface area contributed by atoms with Crippen molar-refractivity contribution >= 4 is 27.8 Å². The van der Waals surface area contributed by atoms with Crippen molar-refractivity contribution in [3.63, 3.8) is 0 Å². The highest BCUT2D eigenvalue weighted by Crippen LogP contribution is 2.35. The monoisotopic (exact) mass is 527 g/mol. The third kappa shape index (κ3) is 6.50. The SMILES string of the molecule is COc1ccc(OC)c(/C=N\NC(=O)CN(c2ccc(OC)cc2OC)S(=O)(=O)c2ccc(C)cc2)c1. The molecule has 1 amide bonds. The molecule has 0 aliphatic rings. The van der Waals surface area contributed by atoms with Crippen molar-refractivity contribution in [2.24, 2.45) is 5.10 Å². The molecule has 11 heteroatoms. The van der Waals surface area contributed by atoms with Crippen molar-refractivity contribution in [1.82, 2.24) is 5.43 Å². The molecule has 1 N–H and O–H groups in total. The molecule has 3 aromatic carbocycles. The molecule has 0 aliphatic heterocycles. The highest BCUT2D eigenvalue weighted by atomic mass is 32.2. The fourth-order valence-electron chi connectivity index (χ4n) is 3.41. The Morgan fingerprint density at radius 1 is 0.865 bits per heavy atom. The van der Waals surface area contributed by atoms with Crippen LogP contribution in [-0.4, -0.2) is 55.5 Å². The number of anilines is 1. The number of aryl methyl sites for hydroxylation is 1. The van der Waals surface area contributed by atoms with Gasteiger partial charge >= 0.3 is 0 Å². The van der Waals surface area contributed by atoms with Gasteiger partial charge in [0.25, 0.3) is 15.9 Å². The zero-order valence-electron chi connectivity index (χ0n) is 21.2. The minimum atomic E-state index is -4.15. The Morgan fingerprint density at radius 2 is 1.49 bits per heavy atom. The number of sulfonamides is 1. The van der Waals surface area contributed by atoms with Crippen molar-refractivity contribution in [2.45, 2.75) is 11.8 Å². The summed E-state index contributed by atoms with van der Waals surface area (Å²) in [5.74, 6) is 1.11. The number of hydrazone groups is 1. The summed E-state index contributed by atoms with van der Waals surface area (Å²) in [5, 5.41) is 3.98. The van der Waals surface area contributed by atoms with Gasteiger partial charge in [-0.3, -0.25) is 9.10 Å². The summed E-state index contributed by atoms with van der Waals surface area (Å²) in [6.07, 6.45) is 1.38. The van der Waals surface area contributed by atoms with Gasteiger partial charge < -0.3 is 18.9 Å². The fraction of sp³-hybridized carbons (Fsp3) is 0.231. The summed E-state index contributed by atoms with van der Waals surface area (Å²) in [6, 6.07) is 16.1. The predicted octanol–water partition coefficient (Wildman–Crippen LogP) is 3.38. The quantitative estimate of drug-likeness (QED) is 0.300. The van der Waals surface area contributed by atoms with E-state index in [0.29, 0.717) is 22.8 Å². The van der Waals surface area contributed by atoms with E-state index in [-0.39, 0.29) is 16.3 Å². The van der Waals surface area contributed by atoms with Crippen molar-refractivity contribution in [3.8, 4) is 23.0 Å². The number of ether oxygens (including phenoxy) is 4. The fourth-order valence-corrected chi connectivity index (χ4v) is 4.84. The summed E-state index contributed by atoms with van der Waals surface area (Å²) in [6.45, 7) is 1.29. The molecule has 37 heavy (non-hydrogen) atoms. The van der Waals surface area contributed by atoms with E-state index in [4.69, 9.17) is 18.9 Å². The molecule has 0 heterocycles. The van der Waals surface area contributed by atoms with E-state index in [0.717, 1.165) is 9.87 Å². The first-order chi connectivity index (χ1) is 17.7. The molecule has 0 spiro atoms. The van der Waals surface area contributed by atoms with Gasteiger partial charge in [-0.25, -0.2) is 13.8 Å². The molecule has 0 unspecified atom stereocenters. The van der Waals surface area contributed by atoms with E-state index >= 15 is 0 Å². The molecule has 3 rings (SSSR count). The van der Waals surface area contributed by atoms with Crippen LogP contribution in [0.2, 0.25) is 0 Å². The van der Waals surface area contributed by atoms with Crippen LogP contribution >= 0.6 is 0 Å². The van der Waals surface area contributed by atoms with Crippen LogP contribution in [-0.2, 0) is 14.8 Å². The topological polar surface area (TPSA) is 116 Å². The van der Waals surface area contributed by atoms with Crippen LogP contribution in [0.15, 0.2) is 70.7 Å². The summed E-state index contributed by atoms with van der Waals surface area (Å²) in [4.78, 5) is 12.9. The van der Waals surface area contributed by atoms with Crippen LogP contribution in [0.5, 0.6) is 23.0 Å². The van der Waals surface area contributed by atoms with Crippen LogP contribution in [0.1, 0.15) is 11.1 Å². The number of benzene rings is 3. The predicted molar refractivity (Wildman–Crippen MR) is 141 cm³/mol. The zero-order valence-corrected chi connectivity index (χ0v) is 22.0. The second kappa shape index (κ2) is 12.1. The molecule has 0 bridgehead atoms. The molecule has 0 saturated carbocycles. The number of hydrogen-bond donors (Lipinski definition) is 1. The standard InChI is InChI=1S/C26H29N3O7S/c1-18-6-10-22(11-7-18)37(31,32)29(23-12-8-21(34-3)15-25(23)36-5)17-26(30)28-27-16-19-14-20(33-2)9-13-24(19)35-4/h6-16H,17H2,1-5H3,(H,28,30)/b27-16-. The molecule has 0 radical (unpaired) electrons. The molecular weight excluding hydrogens is 498 g/mol. The highest BCUT2D eigenvalue weighted by Gasteiger charge is 2.29. The molecule has 196 valence electrons. The van der Waals surface area contributed by atoms with Crippen molar-refractivity contribution in [2.75, 3.05) is 39.3 Å². The molecule has 0 aromatic heterocycles. The van der Waals surface area contributed by atoms with Gasteiger partial charge in [0.2, 0.25) is 0 Å². The summed E-state index contributed by atoms with van der Waals surface area (Å²) < 4.78 is 49.4. The Hall–Kier alpha value is -4.25. The van der Waals surface area contributed by atoms with E-state index in [1.807, 2.05) is 6.92 Å². The summed E-state index contributed by atoms with van der Waals surface area (Å²) in [5.41, 5.74) is 3.99. The number of rotatable bonds is 11. The van der Waals surface area contributed by atoms with Gasteiger partial charge in [-0.1, -0.05) is 17.7 Å². The number of amides is 1. The van der Waals surface area contributed by atoms with E-state index in [1.54, 1.807) is 36.4 Å². The molecule has 3 aromatic rings. The lowest BCUT2D eigenvalue weighted by atomic mass is 10.2. The first kappa shape index (κ1) is 27.3. The Bertz CT molecular complexity index is 1370. The number of carbonyl (C=O) groups is 1. The third-order valence-corrected chi connectivity index (χ3v) is 7.16. The first-order valence-corrected chi connectivity index (χ1v) is 12.5. The molecule has 10 nitrogen and oxygen atoms in total. The Kier molecular flexibility index (Phi) is 8.96. The van der Waals surface area contributed by atoms with Crippen LogP contribution < -0.4 is 28.7 Å². The maximum Gasteiger partial charge on any atom is 0.264 e. The Morgan fingerprint density at radius 3 is 2.11 bits per heavy atom. The lowest BCUT2D eigenvalue weighted by Gasteiger charge is -2.25. The van der Waals surface area contributed by atoms with E-state index < -0.39 is 22.5 Å². The molecule has 0 saturated heterocycles. The van der Waals surface area contributed by atoms with Crippen LogP contribution in [0.25, 0.3) is 0 Å². The number of nitrogens with zero attached hydrogens (tertiary/aromatic N) is 2. The van der Waals surface area contributed by atoms with Crippen LogP contribution in [0.3, 0.4) is 0 Å². The van der Waals surface area contributed by atoms with Gasteiger partial charge in [-0.2, -0.15) is 5.10 Å². The molecular formula is C26H29N3O7S. The minimum absolute atomic E-state index is 0.0217. The summed E-state index contributed by atoms with van der Waals surface area (Å²) >= 11 is 0. The van der Waals surface area contributed by atoms with Crippen molar-refractivity contribution in [3.05, 3.63) is 71.8 Å². The lowest BCUT2D eigenvalue weighted by molar-refractivity contribution is -0.119. The molecule has 0 aliphatic carbocycles. The van der Waals surface area contributed by atoms with Gasteiger partial charge in [-0.05, 0) is 49.4 Å². The maximum atomic E-state index is 13.6. The lowest BCUT2D eigenvalue weighted by Crippen LogP contribution is -2.39. The van der Waals surface area contributed by atoms with Gasteiger partial charge in [0.15, 0.2) is 0 Å². The number of methoxy groups -OCH3 is 4. The van der Waals surface area contributed by atoms with Crippen molar-refractivity contribution in [1.29, 1.82) is 0 Å². The number of nitrogens with one attached hydrogen (secondary N) is 1. The minimum Gasteiger partial charge on any atom is -0.497 e. The largest absolute Gasteiger partial charge is 0.497 e. The summed E-state index contributed by atoms with van der Waals surface area (Å²) in [7, 11) is 1.77. The normalized spacial score (nSPS) is 11.2. The van der Waals surface area contributed by atoms with Gasteiger partial charge in [0, 0.05) is 11.6 Å². The second-order valence-electron chi connectivity index (χ2n) is 7.76. The van der Waals surface area contributed by atoms with E-state index in [1.165, 1.54) is 58.9 Å². The maximum absolute atomic E-state index is 13.6. The first-order valence-electron chi connectivity index (χ1n) is 11.1. The van der Waals surface area contributed by atoms with Crippen LogP contribution in [0.4, 0.5) is 5.69 Å². The Labute approximate surface area is 216 Å². The highest BCUT2D eigenvalue weighted by molar-refractivity contribution is 7.92. The van der Waals surface area contributed by atoms with E-state index in [2.05, 4.69) is 10.5 Å². The van der Waals surface area contributed by atoms with E-state index in [9.17, 15) is 13.2 Å².